The van der Waals surface area contributed by atoms with Gasteiger partial charge in [0.1, 0.15) is 11.3 Å². The number of aromatic amines is 1. The number of benzene rings is 1. The molecule has 1 fully saturated rings. The number of pyridine rings is 2. The van der Waals surface area contributed by atoms with Crippen LogP contribution in [0.4, 0.5) is 0 Å². The highest BCUT2D eigenvalue weighted by Gasteiger charge is 2.19. The van der Waals surface area contributed by atoms with Gasteiger partial charge in [0.2, 0.25) is 0 Å². The monoisotopic (exact) mass is 503 g/mol. The average Bonchev–Trinajstić information content (AvgIpc) is 3.42. The lowest BCUT2D eigenvalue weighted by molar-refractivity contribution is 0.104. The van der Waals surface area contributed by atoms with E-state index in [-0.39, 0.29) is 0 Å². The molecule has 4 aromatic heterocycles. The van der Waals surface area contributed by atoms with Crippen LogP contribution in [0.15, 0.2) is 73.2 Å². The first-order valence-electron chi connectivity index (χ1n) is 13.3. The Morgan fingerprint density at radius 3 is 2.47 bits per heavy atom. The number of hydrogen-bond donors (Lipinski definition) is 1. The fraction of sp³-hybridized carbons (Fsp3) is 0.290. The van der Waals surface area contributed by atoms with Crippen LogP contribution in [0.5, 0.6) is 0 Å². The molecule has 0 unspecified atom stereocenters. The molecule has 1 aromatic carbocycles. The van der Waals surface area contributed by atoms with Gasteiger partial charge in [-0.3, -0.25) is 14.8 Å². The van der Waals surface area contributed by atoms with Gasteiger partial charge in [-0.2, -0.15) is 0 Å². The van der Waals surface area contributed by atoms with E-state index in [1.807, 2.05) is 49.8 Å². The molecular weight excluding hydrogens is 470 g/mol. The molecule has 0 saturated carbocycles. The van der Waals surface area contributed by atoms with Crippen molar-refractivity contribution in [2.75, 3.05) is 26.2 Å². The summed E-state index contributed by atoms with van der Waals surface area (Å²) in [5, 5.41) is 0.967. The maximum Gasteiger partial charge on any atom is 0.180 e. The van der Waals surface area contributed by atoms with Gasteiger partial charge in [0.25, 0.3) is 0 Å². The zero-order valence-electron chi connectivity index (χ0n) is 22.2. The maximum absolute atomic E-state index is 4.96. The van der Waals surface area contributed by atoms with Crippen molar-refractivity contribution in [2.24, 2.45) is 0 Å². The fourth-order valence-corrected chi connectivity index (χ4v) is 5.22. The minimum absolute atomic E-state index is 0.601. The molecule has 0 aliphatic carbocycles. The lowest BCUT2D eigenvalue weighted by Gasteiger charge is -2.37. The highest BCUT2D eigenvalue weighted by Crippen LogP contribution is 2.31. The Hall–Kier alpha value is -3.94. The zero-order chi connectivity index (χ0) is 26.1. The minimum Gasteiger partial charge on any atom is -0.346 e. The predicted molar refractivity (Wildman–Crippen MR) is 153 cm³/mol. The summed E-state index contributed by atoms with van der Waals surface area (Å²) in [6.45, 7) is 12.0. The van der Waals surface area contributed by atoms with E-state index < -0.39 is 0 Å². The summed E-state index contributed by atoms with van der Waals surface area (Å²) in [5.41, 5.74) is 7.86. The number of rotatable bonds is 6. The Balaban J connectivity index is 1.30. The summed E-state index contributed by atoms with van der Waals surface area (Å²) in [7, 11) is 0. The fourth-order valence-electron chi connectivity index (χ4n) is 5.22. The van der Waals surface area contributed by atoms with Gasteiger partial charge in [0.05, 0.1) is 5.69 Å². The molecule has 5 aromatic rings. The van der Waals surface area contributed by atoms with E-state index >= 15 is 0 Å². The number of fused-ring (bicyclic) bond motifs is 1. The van der Waals surface area contributed by atoms with E-state index in [2.05, 4.69) is 68.9 Å². The van der Waals surface area contributed by atoms with E-state index in [0.29, 0.717) is 11.9 Å². The summed E-state index contributed by atoms with van der Waals surface area (Å²) in [6, 6.07) is 19.6. The number of aryl methyl sites for hydroxylation is 1. The quantitative estimate of drug-likeness (QED) is 0.326. The smallest absolute Gasteiger partial charge is 0.180 e. The van der Waals surface area contributed by atoms with Gasteiger partial charge in [-0.25, -0.2) is 15.0 Å². The normalized spacial score (nSPS) is 14.9. The molecule has 192 valence electrons. The highest BCUT2D eigenvalue weighted by atomic mass is 15.3. The second kappa shape index (κ2) is 10.4. The Bertz CT molecular complexity index is 1560. The van der Waals surface area contributed by atoms with E-state index in [0.717, 1.165) is 77.5 Å². The van der Waals surface area contributed by atoms with Crippen molar-refractivity contribution in [3.63, 3.8) is 0 Å². The highest BCUT2D eigenvalue weighted by molar-refractivity contribution is 5.92. The molecule has 0 radical (unpaired) electrons. The van der Waals surface area contributed by atoms with Crippen LogP contribution in [0.2, 0.25) is 0 Å². The molecular formula is C31H33N7. The van der Waals surface area contributed by atoms with Gasteiger partial charge in [-0.15, -0.1) is 0 Å². The molecule has 1 N–H and O–H groups in total. The number of H-pyrrole nitrogens is 1. The van der Waals surface area contributed by atoms with Crippen LogP contribution in [-0.4, -0.2) is 66.9 Å². The number of nitrogens with zero attached hydrogens (tertiary/aromatic N) is 6. The summed E-state index contributed by atoms with van der Waals surface area (Å²) in [5.74, 6) is 0.601. The maximum atomic E-state index is 4.96. The third kappa shape index (κ3) is 5.08. The van der Waals surface area contributed by atoms with Crippen LogP contribution < -0.4 is 0 Å². The molecule has 5 heterocycles. The molecule has 7 heteroatoms. The van der Waals surface area contributed by atoms with Gasteiger partial charge in [-0.05, 0) is 62.2 Å². The first-order valence-corrected chi connectivity index (χ1v) is 13.3. The third-order valence-corrected chi connectivity index (χ3v) is 7.35. The lowest BCUT2D eigenvalue weighted by Crippen LogP contribution is -2.48. The van der Waals surface area contributed by atoms with Crippen LogP contribution in [0.25, 0.3) is 44.9 Å². The van der Waals surface area contributed by atoms with Crippen molar-refractivity contribution < 1.29 is 0 Å². The summed E-state index contributed by atoms with van der Waals surface area (Å²) in [4.78, 5) is 27.3. The Morgan fingerprint density at radius 2 is 1.66 bits per heavy atom. The molecule has 7 nitrogen and oxygen atoms in total. The van der Waals surface area contributed by atoms with Crippen molar-refractivity contribution in [3.8, 4) is 33.9 Å². The second-order valence-corrected chi connectivity index (χ2v) is 10.4. The lowest BCUT2D eigenvalue weighted by atomic mass is 10.0. The molecule has 0 amide bonds. The van der Waals surface area contributed by atoms with Crippen molar-refractivity contribution in [1.82, 2.24) is 34.7 Å². The predicted octanol–water partition coefficient (Wildman–Crippen LogP) is 5.58. The molecule has 38 heavy (non-hydrogen) atoms. The van der Waals surface area contributed by atoms with Gasteiger partial charge in [0, 0.05) is 79.6 Å². The van der Waals surface area contributed by atoms with Crippen LogP contribution >= 0.6 is 0 Å². The SMILES string of the molecule is Cc1cccc(-c2nc(-c3cncc(-c4cccc(CN5CCN(C(C)C)CC5)c4)c3)c3cc[nH]c3n2)n1. The first kappa shape index (κ1) is 24.4. The van der Waals surface area contributed by atoms with Gasteiger partial charge in [-0.1, -0.05) is 24.3 Å². The first-order chi connectivity index (χ1) is 18.5. The average molecular weight is 504 g/mol. The van der Waals surface area contributed by atoms with Crippen LogP contribution in [-0.2, 0) is 6.54 Å². The molecule has 1 aliphatic heterocycles. The van der Waals surface area contributed by atoms with Crippen LogP contribution in [0.3, 0.4) is 0 Å². The van der Waals surface area contributed by atoms with Crippen molar-refractivity contribution in [3.05, 3.63) is 84.4 Å². The van der Waals surface area contributed by atoms with Gasteiger partial charge >= 0.3 is 0 Å². The Kier molecular flexibility index (Phi) is 6.70. The molecule has 0 atom stereocenters. The summed E-state index contributed by atoms with van der Waals surface area (Å²) < 4.78 is 0. The molecule has 1 saturated heterocycles. The summed E-state index contributed by atoms with van der Waals surface area (Å²) in [6.07, 6.45) is 5.71. The van der Waals surface area contributed by atoms with Gasteiger partial charge in [0.15, 0.2) is 5.82 Å². The topological polar surface area (TPSA) is 73.8 Å². The van der Waals surface area contributed by atoms with Crippen LogP contribution in [0, 0.1) is 6.92 Å². The number of aromatic nitrogens is 5. The standard InChI is InChI=1S/C31H33N7/c1-21(2)38-14-12-37(13-15-38)20-23-7-5-8-24(16-23)25-17-26(19-32-18-25)29-27-10-11-33-30(27)36-31(35-29)28-9-4-6-22(3)34-28/h4-11,16-19,21H,12-15,20H2,1-3H3,(H,33,35,36). The van der Waals surface area contributed by atoms with Crippen molar-refractivity contribution in [1.29, 1.82) is 0 Å². The number of piperazine rings is 1. The van der Waals surface area contributed by atoms with Crippen molar-refractivity contribution >= 4 is 11.0 Å². The Morgan fingerprint density at radius 1 is 0.842 bits per heavy atom. The molecule has 0 bridgehead atoms. The second-order valence-electron chi connectivity index (χ2n) is 10.4. The Labute approximate surface area is 223 Å². The van der Waals surface area contributed by atoms with Crippen molar-refractivity contribution in [2.45, 2.75) is 33.4 Å². The van der Waals surface area contributed by atoms with E-state index in [1.165, 1.54) is 5.56 Å². The van der Waals surface area contributed by atoms with E-state index in [9.17, 15) is 0 Å². The molecule has 1 aliphatic rings. The number of nitrogens with one attached hydrogen (secondary N) is 1. The zero-order valence-corrected chi connectivity index (χ0v) is 22.2. The minimum atomic E-state index is 0.601. The van der Waals surface area contributed by atoms with E-state index in [1.54, 1.807) is 0 Å². The molecule has 0 spiro atoms. The summed E-state index contributed by atoms with van der Waals surface area (Å²) >= 11 is 0. The van der Waals surface area contributed by atoms with Crippen LogP contribution in [0.1, 0.15) is 25.1 Å². The molecule has 6 rings (SSSR count). The largest absolute Gasteiger partial charge is 0.346 e. The van der Waals surface area contributed by atoms with E-state index in [4.69, 9.17) is 9.97 Å². The number of hydrogen-bond acceptors (Lipinski definition) is 6. The third-order valence-electron chi connectivity index (χ3n) is 7.35. The van der Waals surface area contributed by atoms with Gasteiger partial charge < -0.3 is 4.98 Å².